The lowest BCUT2D eigenvalue weighted by atomic mass is 9.87. The van der Waals surface area contributed by atoms with Crippen molar-refractivity contribution in [1.82, 2.24) is 9.97 Å². The second-order valence-electron chi connectivity index (χ2n) is 10.7. The Hall–Kier alpha value is -5.60. The molecule has 2 heterocycles. The molecule has 2 heteroatoms. The number of nitrogens with zero attached hydrogens (tertiary/aromatic N) is 2. The van der Waals surface area contributed by atoms with Crippen molar-refractivity contribution >= 4 is 21.5 Å². The molecule has 0 spiro atoms. The molecule has 6 aromatic rings. The number of hydrogen-bond acceptors (Lipinski definition) is 2. The Balaban J connectivity index is 1.29. The lowest BCUT2D eigenvalue weighted by Gasteiger charge is -2.16. The molecule has 0 bridgehead atoms. The summed E-state index contributed by atoms with van der Waals surface area (Å²) in [4.78, 5) is 8.57. The smallest absolute Gasteiger partial charge is 0.0346 e. The first-order valence-corrected chi connectivity index (χ1v) is 14.9. The van der Waals surface area contributed by atoms with E-state index >= 15 is 0 Å². The third-order valence-electron chi connectivity index (χ3n) is 7.96. The molecule has 4 aromatic carbocycles. The number of pyridine rings is 2. The monoisotopic (exact) mass is 566 g/mol. The lowest BCUT2D eigenvalue weighted by Crippen LogP contribution is -1.93. The Bertz CT molecular complexity index is 1970. The molecule has 0 N–H and O–H groups in total. The SMILES string of the molecule is C=CC(/C=C\Cc1cncc(-c2ccncc2)c1)=C(C=C)\C=C/Cc1c2ccccc2c(-c2ccccc2)c2ccccc12. The van der Waals surface area contributed by atoms with Gasteiger partial charge in [-0.25, -0.2) is 0 Å². The van der Waals surface area contributed by atoms with Gasteiger partial charge in [0.05, 0.1) is 0 Å². The van der Waals surface area contributed by atoms with Crippen molar-refractivity contribution in [3.63, 3.8) is 0 Å². The molecule has 0 radical (unpaired) electrons. The zero-order valence-electron chi connectivity index (χ0n) is 24.7. The first-order chi connectivity index (χ1) is 21.8. The van der Waals surface area contributed by atoms with Gasteiger partial charge in [0.2, 0.25) is 0 Å². The highest BCUT2D eigenvalue weighted by molar-refractivity contribution is 6.15. The molecule has 0 aliphatic heterocycles. The number of aromatic nitrogens is 2. The van der Waals surface area contributed by atoms with Crippen molar-refractivity contribution in [3.05, 3.63) is 194 Å². The van der Waals surface area contributed by atoms with Gasteiger partial charge in [-0.05, 0) is 91.5 Å². The normalized spacial score (nSPS) is 12.2. The third-order valence-corrected chi connectivity index (χ3v) is 7.96. The zero-order valence-corrected chi connectivity index (χ0v) is 24.7. The van der Waals surface area contributed by atoms with Gasteiger partial charge < -0.3 is 0 Å². The standard InChI is InChI=1S/C42H34N2/c1-3-32(17-12-14-31-28-36(30-44-29-31)34-24-26-43-27-25-34)33(4-2)18-13-23-37-38-19-8-10-21-40(38)42(35-15-6-5-7-16-35)41-22-11-9-20-39(37)41/h3-13,15-22,24-30H,1-2,14,23H2/b17-12-,18-13-,33-32+. The van der Waals surface area contributed by atoms with Crippen molar-refractivity contribution in [2.45, 2.75) is 12.8 Å². The highest BCUT2D eigenvalue weighted by Gasteiger charge is 2.14. The molecular formula is C42H34N2. The number of benzene rings is 4. The summed E-state index contributed by atoms with van der Waals surface area (Å²) >= 11 is 0. The van der Waals surface area contributed by atoms with E-state index in [0.29, 0.717) is 0 Å². The fraction of sp³-hybridized carbons (Fsp3) is 0.0476. The van der Waals surface area contributed by atoms with Crippen LogP contribution in [0.15, 0.2) is 183 Å². The molecule has 0 amide bonds. The van der Waals surface area contributed by atoms with Crippen LogP contribution in [0.3, 0.4) is 0 Å². The maximum absolute atomic E-state index is 4.45. The van der Waals surface area contributed by atoms with E-state index in [9.17, 15) is 0 Å². The summed E-state index contributed by atoms with van der Waals surface area (Å²) in [5.74, 6) is 0. The second kappa shape index (κ2) is 13.6. The van der Waals surface area contributed by atoms with E-state index in [4.69, 9.17) is 0 Å². The maximum Gasteiger partial charge on any atom is 0.0346 e. The average Bonchev–Trinajstić information content (AvgIpc) is 3.09. The largest absolute Gasteiger partial charge is 0.265 e. The van der Waals surface area contributed by atoms with Gasteiger partial charge in [-0.15, -0.1) is 0 Å². The summed E-state index contributed by atoms with van der Waals surface area (Å²) in [5.41, 5.74) is 9.26. The summed E-state index contributed by atoms with van der Waals surface area (Å²) in [6.45, 7) is 8.19. The topological polar surface area (TPSA) is 25.8 Å². The first kappa shape index (κ1) is 28.5. The molecule has 0 aliphatic carbocycles. The van der Waals surface area contributed by atoms with Crippen LogP contribution in [0.1, 0.15) is 11.1 Å². The Morgan fingerprint density at radius 3 is 1.73 bits per heavy atom. The fourth-order valence-electron chi connectivity index (χ4n) is 5.85. The molecule has 2 aromatic heterocycles. The van der Waals surface area contributed by atoms with E-state index in [2.05, 4.69) is 132 Å². The highest BCUT2D eigenvalue weighted by atomic mass is 14.6. The number of fused-ring (bicyclic) bond motifs is 2. The molecule has 2 nitrogen and oxygen atoms in total. The van der Waals surface area contributed by atoms with E-state index in [1.165, 1.54) is 38.2 Å². The Morgan fingerprint density at radius 2 is 1.11 bits per heavy atom. The predicted octanol–water partition coefficient (Wildman–Crippen LogP) is 10.7. The van der Waals surface area contributed by atoms with Crippen molar-refractivity contribution in [3.8, 4) is 22.3 Å². The van der Waals surface area contributed by atoms with E-state index in [0.717, 1.165) is 40.7 Å². The van der Waals surface area contributed by atoms with Crippen molar-refractivity contribution in [2.24, 2.45) is 0 Å². The number of allylic oxidation sites excluding steroid dienone is 8. The van der Waals surface area contributed by atoms with Crippen molar-refractivity contribution in [2.75, 3.05) is 0 Å². The van der Waals surface area contributed by atoms with Gasteiger partial charge in [0.15, 0.2) is 0 Å². The summed E-state index contributed by atoms with van der Waals surface area (Å²) in [6.07, 6.45) is 21.5. The first-order valence-electron chi connectivity index (χ1n) is 14.9. The minimum absolute atomic E-state index is 0.767. The van der Waals surface area contributed by atoms with E-state index in [1.807, 2.05) is 36.7 Å². The minimum atomic E-state index is 0.767. The molecule has 0 unspecified atom stereocenters. The quantitative estimate of drug-likeness (QED) is 0.122. The summed E-state index contributed by atoms with van der Waals surface area (Å²) < 4.78 is 0. The van der Waals surface area contributed by atoms with Crippen molar-refractivity contribution in [1.29, 1.82) is 0 Å². The molecule has 0 aliphatic rings. The van der Waals surface area contributed by atoms with E-state index < -0.39 is 0 Å². The van der Waals surface area contributed by atoms with Crippen LogP contribution in [0.4, 0.5) is 0 Å². The van der Waals surface area contributed by atoms with Gasteiger partial charge in [0, 0.05) is 30.4 Å². The average molecular weight is 567 g/mol. The fourth-order valence-corrected chi connectivity index (χ4v) is 5.85. The third kappa shape index (κ3) is 6.11. The van der Waals surface area contributed by atoms with Crippen LogP contribution in [0, 0.1) is 0 Å². The second-order valence-corrected chi connectivity index (χ2v) is 10.7. The highest BCUT2D eigenvalue weighted by Crippen LogP contribution is 2.39. The summed E-state index contributed by atoms with van der Waals surface area (Å²) in [5, 5.41) is 5.12. The Morgan fingerprint density at radius 1 is 0.545 bits per heavy atom. The van der Waals surface area contributed by atoms with Crippen LogP contribution in [0.5, 0.6) is 0 Å². The van der Waals surface area contributed by atoms with Gasteiger partial charge in [-0.1, -0.05) is 128 Å². The number of hydrogen-bond donors (Lipinski definition) is 0. The predicted molar refractivity (Wildman–Crippen MR) is 187 cm³/mol. The summed E-state index contributed by atoms with van der Waals surface area (Å²) in [7, 11) is 0. The van der Waals surface area contributed by atoms with E-state index in [-0.39, 0.29) is 0 Å². The molecular weight excluding hydrogens is 532 g/mol. The van der Waals surface area contributed by atoms with Crippen LogP contribution in [0.2, 0.25) is 0 Å². The molecule has 212 valence electrons. The number of rotatable bonds is 10. The maximum atomic E-state index is 4.45. The van der Waals surface area contributed by atoms with Gasteiger partial charge in [-0.3, -0.25) is 9.97 Å². The lowest BCUT2D eigenvalue weighted by molar-refractivity contribution is 1.19. The molecule has 0 fully saturated rings. The van der Waals surface area contributed by atoms with Crippen LogP contribution in [-0.2, 0) is 12.8 Å². The Kier molecular flexibility index (Phi) is 8.80. The molecule has 0 saturated carbocycles. The minimum Gasteiger partial charge on any atom is -0.265 e. The van der Waals surface area contributed by atoms with Crippen LogP contribution in [0.25, 0.3) is 43.8 Å². The van der Waals surface area contributed by atoms with Gasteiger partial charge >= 0.3 is 0 Å². The van der Waals surface area contributed by atoms with E-state index in [1.54, 1.807) is 12.4 Å². The van der Waals surface area contributed by atoms with Crippen molar-refractivity contribution < 1.29 is 0 Å². The molecule has 44 heavy (non-hydrogen) atoms. The van der Waals surface area contributed by atoms with Gasteiger partial charge in [-0.2, -0.15) is 0 Å². The summed E-state index contributed by atoms with van der Waals surface area (Å²) in [6, 6.07) is 34.4. The van der Waals surface area contributed by atoms with Crippen LogP contribution >= 0.6 is 0 Å². The molecule has 0 saturated heterocycles. The van der Waals surface area contributed by atoms with Crippen LogP contribution in [-0.4, -0.2) is 9.97 Å². The zero-order chi connectivity index (χ0) is 30.1. The van der Waals surface area contributed by atoms with Gasteiger partial charge in [0.25, 0.3) is 0 Å². The van der Waals surface area contributed by atoms with Gasteiger partial charge in [0.1, 0.15) is 0 Å². The molecule has 6 rings (SSSR count). The Labute approximate surface area is 259 Å². The van der Waals surface area contributed by atoms with Crippen LogP contribution < -0.4 is 0 Å². The molecule has 0 atom stereocenters.